The molecule has 5 heteroatoms. The van der Waals surface area contributed by atoms with E-state index in [4.69, 9.17) is 4.74 Å². The number of aliphatic hydroxyl groups is 1. The summed E-state index contributed by atoms with van der Waals surface area (Å²) in [7, 11) is 3.59. The minimum atomic E-state index is -0.580. The van der Waals surface area contributed by atoms with E-state index in [1.165, 1.54) is 0 Å². The molecule has 2 N–H and O–H groups in total. The van der Waals surface area contributed by atoms with Crippen LogP contribution in [0.3, 0.4) is 0 Å². The lowest BCUT2D eigenvalue weighted by molar-refractivity contribution is 0.122. The molecule has 0 saturated heterocycles. The lowest BCUT2D eigenvalue weighted by Gasteiger charge is -2.20. The first-order valence-electron chi connectivity index (χ1n) is 8.25. The number of likely N-dealkylation sites (N-methyl/N-ethyl adjacent to an activating group) is 1. The van der Waals surface area contributed by atoms with Crippen LogP contribution >= 0.6 is 0 Å². The molecule has 1 heterocycles. The number of nitrogens with zero attached hydrogens (tertiary/aromatic N) is 2. The molecular formula is C20H23N3O2. The monoisotopic (exact) mass is 337 g/mol. The number of rotatable bonds is 7. The van der Waals surface area contributed by atoms with Crippen LogP contribution in [0.5, 0.6) is 5.75 Å². The lowest BCUT2D eigenvalue weighted by atomic mass is 10.1. The van der Waals surface area contributed by atoms with Crippen LogP contribution in [0.15, 0.2) is 60.8 Å². The molecule has 0 bridgehead atoms. The van der Waals surface area contributed by atoms with E-state index in [-0.39, 0.29) is 0 Å². The van der Waals surface area contributed by atoms with Crippen molar-refractivity contribution in [2.24, 2.45) is 0 Å². The fourth-order valence-electron chi connectivity index (χ4n) is 2.78. The molecule has 0 radical (unpaired) electrons. The smallest absolute Gasteiger partial charge is 0.120 e. The third-order valence-corrected chi connectivity index (χ3v) is 4.10. The molecule has 0 aliphatic heterocycles. The Morgan fingerprint density at radius 2 is 1.96 bits per heavy atom. The largest absolute Gasteiger partial charge is 0.497 e. The lowest BCUT2D eigenvalue weighted by Crippen LogP contribution is -2.24. The zero-order chi connectivity index (χ0) is 17.6. The molecule has 1 aromatic heterocycles. The summed E-state index contributed by atoms with van der Waals surface area (Å²) in [5, 5.41) is 10.4. The fourth-order valence-corrected chi connectivity index (χ4v) is 2.78. The van der Waals surface area contributed by atoms with Crippen molar-refractivity contribution in [3.63, 3.8) is 0 Å². The van der Waals surface area contributed by atoms with Gasteiger partial charge in [-0.3, -0.25) is 4.90 Å². The van der Waals surface area contributed by atoms with Crippen molar-refractivity contribution in [2.75, 3.05) is 20.7 Å². The highest BCUT2D eigenvalue weighted by Gasteiger charge is 2.13. The number of aliphatic hydroxyl groups excluding tert-OH is 1. The molecule has 0 saturated carbocycles. The Morgan fingerprint density at radius 3 is 2.72 bits per heavy atom. The van der Waals surface area contributed by atoms with E-state index in [1.807, 2.05) is 72.7 Å². The fraction of sp³-hybridized carbons (Fsp3) is 0.250. The van der Waals surface area contributed by atoms with Crippen molar-refractivity contribution in [3.8, 4) is 17.0 Å². The van der Waals surface area contributed by atoms with E-state index < -0.39 is 6.10 Å². The number of ether oxygens (including phenoxy) is 1. The predicted octanol–water partition coefficient (Wildman–Crippen LogP) is 3.25. The molecule has 130 valence electrons. The normalized spacial score (nSPS) is 12.3. The summed E-state index contributed by atoms with van der Waals surface area (Å²) >= 11 is 0. The molecule has 3 aromatic rings. The summed E-state index contributed by atoms with van der Waals surface area (Å²) in [6.45, 7) is 1.14. The number of imidazole rings is 1. The number of hydrogen-bond acceptors (Lipinski definition) is 4. The van der Waals surface area contributed by atoms with Crippen LogP contribution in [0.1, 0.15) is 17.5 Å². The van der Waals surface area contributed by atoms with Crippen LogP contribution in [0, 0.1) is 0 Å². The number of hydrogen-bond donors (Lipinski definition) is 2. The van der Waals surface area contributed by atoms with E-state index in [9.17, 15) is 5.11 Å². The minimum absolute atomic E-state index is 0.508. The molecule has 0 fully saturated rings. The van der Waals surface area contributed by atoms with E-state index >= 15 is 0 Å². The average Bonchev–Trinajstić information content (AvgIpc) is 3.10. The van der Waals surface area contributed by atoms with Gasteiger partial charge in [-0.25, -0.2) is 4.98 Å². The first-order valence-corrected chi connectivity index (χ1v) is 8.25. The summed E-state index contributed by atoms with van der Waals surface area (Å²) in [6, 6.07) is 17.6. The number of benzene rings is 2. The molecule has 1 unspecified atom stereocenters. The Balaban J connectivity index is 1.60. The van der Waals surface area contributed by atoms with E-state index in [2.05, 4.69) is 9.97 Å². The van der Waals surface area contributed by atoms with E-state index in [0.29, 0.717) is 13.1 Å². The standard InChI is InChI=1S/C20H23N3O2/c1-23(13-19(24)16-9-6-10-17(11-16)25-2)14-20-21-12-18(22-20)15-7-4-3-5-8-15/h3-12,19,24H,13-14H2,1-2H3,(H,21,22). The van der Waals surface area contributed by atoms with Gasteiger partial charge in [0, 0.05) is 6.54 Å². The van der Waals surface area contributed by atoms with Crippen LogP contribution in [-0.2, 0) is 6.54 Å². The second-order valence-corrected chi connectivity index (χ2v) is 6.10. The number of H-pyrrole nitrogens is 1. The molecule has 25 heavy (non-hydrogen) atoms. The van der Waals surface area contributed by atoms with Crippen LogP contribution in [0.25, 0.3) is 11.3 Å². The zero-order valence-electron chi connectivity index (χ0n) is 14.5. The zero-order valence-corrected chi connectivity index (χ0v) is 14.5. The van der Waals surface area contributed by atoms with Crippen LogP contribution in [0.2, 0.25) is 0 Å². The van der Waals surface area contributed by atoms with Gasteiger partial charge in [0.15, 0.2) is 0 Å². The first-order chi connectivity index (χ1) is 12.2. The van der Waals surface area contributed by atoms with Gasteiger partial charge in [0.25, 0.3) is 0 Å². The summed E-state index contributed by atoms with van der Waals surface area (Å²) in [4.78, 5) is 9.82. The van der Waals surface area contributed by atoms with Gasteiger partial charge >= 0.3 is 0 Å². The number of methoxy groups -OCH3 is 1. The highest BCUT2D eigenvalue weighted by molar-refractivity contribution is 5.57. The van der Waals surface area contributed by atoms with Gasteiger partial charge < -0.3 is 14.8 Å². The Bertz CT molecular complexity index is 801. The van der Waals surface area contributed by atoms with Crippen molar-refractivity contribution < 1.29 is 9.84 Å². The SMILES string of the molecule is COc1cccc(C(O)CN(C)Cc2ncc(-c3ccccc3)[nH]2)c1. The average molecular weight is 337 g/mol. The Labute approximate surface area is 147 Å². The second-order valence-electron chi connectivity index (χ2n) is 6.10. The van der Waals surface area contributed by atoms with Gasteiger partial charge in [0.05, 0.1) is 31.6 Å². The van der Waals surface area contributed by atoms with E-state index in [0.717, 1.165) is 28.4 Å². The molecule has 3 rings (SSSR count). The van der Waals surface area contributed by atoms with Crippen molar-refractivity contribution in [1.82, 2.24) is 14.9 Å². The molecular weight excluding hydrogens is 314 g/mol. The Hall–Kier alpha value is -2.63. The van der Waals surface area contributed by atoms with Gasteiger partial charge in [-0.05, 0) is 30.3 Å². The van der Waals surface area contributed by atoms with Gasteiger partial charge in [0.1, 0.15) is 11.6 Å². The topological polar surface area (TPSA) is 61.4 Å². The first kappa shape index (κ1) is 17.2. The van der Waals surface area contributed by atoms with Crippen molar-refractivity contribution >= 4 is 0 Å². The Morgan fingerprint density at radius 1 is 1.16 bits per heavy atom. The van der Waals surface area contributed by atoms with Crippen LogP contribution < -0.4 is 4.74 Å². The second kappa shape index (κ2) is 7.96. The molecule has 0 aliphatic rings. The van der Waals surface area contributed by atoms with Crippen LogP contribution in [0.4, 0.5) is 0 Å². The molecule has 0 spiro atoms. The van der Waals surface area contributed by atoms with Crippen molar-refractivity contribution in [2.45, 2.75) is 12.6 Å². The third kappa shape index (κ3) is 4.47. The maximum Gasteiger partial charge on any atom is 0.120 e. The maximum absolute atomic E-state index is 10.4. The summed E-state index contributed by atoms with van der Waals surface area (Å²) < 4.78 is 5.21. The van der Waals surface area contributed by atoms with Gasteiger partial charge in [-0.2, -0.15) is 0 Å². The maximum atomic E-state index is 10.4. The summed E-state index contributed by atoms with van der Waals surface area (Å²) in [5.41, 5.74) is 2.95. The number of nitrogens with one attached hydrogen (secondary N) is 1. The van der Waals surface area contributed by atoms with Gasteiger partial charge in [-0.1, -0.05) is 42.5 Å². The molecule has 0 amide bonds. The van der Waals surface area contributed by atoms with Gasteiger partial charge in [-0.15, -0.1) is 0 Å². The van der Waals surface area contributed by atoms with E-state index in [1.54, 1.807) is 7.11 Å². The predicted molar refractivity (Wildman–Crippen MR) is 98.3 cm³/mol. The van der Waals surface area contributed by atoms with Gasteiger partial charge in [0.2, 0.25) is 0 Å². The molecule has 1 atom stereocenters. The summed E-state index contributed by atoms with van der Waals surface area (Å²) in [5.74, 6) is 1.62. The van der Waals surface area contributed by atoms with Crippen molar-refractivity contribution in [1.29, 1.82) is 0 Å². The molecule has 5 nitrogen and oxygen atoms in total. The highest BCUT2D eigenvalue weighted by Crippen LogP contribution is 2.20. The third-order valence-electron chi connectivity index (χ3n) is 4.10. The minimum Gasteiger partial charge on any atom is -0.497 e. The summed E-state index contributed by atoms with van der Waals surface area (Å²) in [6.07, 6.45) is 1.26. The molecule has 2 aromatic carbocycles. The Kier molecular flexibility index (Phi) is 5.48. The quantitative estimate of drug-likeness (QED) is 0.695. The van der Waals surface area contributed by atoms with Crippen molar-refractivity contribution in [3.05, 3.63) is 72.2 Å². The number of aromatic nitrogens is 2. The van der Waals surface area contributed by atoms with Crippen LogP contribution in [-0.4, -0.2) is 40.7 Å². The number of aromatic amines is 1. The molecule has 0 aliphatic carbocycles. The highest BCUT2D eigenvalue weighted by atomic mass is 16.5.